The van der Waals surface area contributed by atoms with E-state index in [0.717, 1.165) is 11.1 Å². The smallest absolute Gasteiger partial charge is 0.261 e. The fourth-order valence-corrected chi connectivity index (χ4v) is 3.13. The van der Waals surface area contributed by atoms with Crippen molar-refractivity contribution in [3.8, 4) is 11.5 Å². The Hall–Kier alpha value is -3.02. The van der Waals surface area contributed by atoms with E-state index in [-0.39, 0.29) is 31.0 Å². The Morgan fingerprint density at radius 2 is 1.77 bits per heavy atom. The summed E-state index contributed by atoms with van der Waals surface area (Å²) in [7, 11) is 1.60. The van der Waals surface area contributed by atoms with E-state index in [1.807, 2.05) is 76.2 Å². The maximum atomic E-state index is 13.1. The molecular formula is C24H32N2O4. The van der Waals surface area contributed by atoms with Crippen molar-refractivity contribution >= 4 is 11.8 Å². The molecule has 0 spiro atoms. The fourth-order valence-electron chi connectivity index (χ4n) is 3.13. The molecule has 2 amide bonds. The summed E-state index contributed by atoms with van der Waals surface area (Å²) in [5.74, 6) is 0.911. The van der Waals surface area contributed by atoms with Gasteiger partial charge >= 0.3 is 0 Å². The van der Waals surface area contributed by atoms with Crippen LogP contribution in [0, 0.1) is 6.92 Å². The minimum absolute atomic E-state index is 0.0101. The minimum Gasteiger partial charge on any atom is -0.497 e. The van der Waals surface area contributed by atoms with E-state index in [9.17, 15) is 9.59 Å². The van der Waals surface area contributed by atoms with Crippen LogP contribution in [0.3, 0.4) is 0 Å². The van der Waals surface area contributed by atoms with Crippen LogP contribution in [-0.2, 0) is 16.1 Å². The normalized spacial score (nSPS) is 11.7. The van der Waals surface area contributed by atoms with Gasteiger partial charge in [0, 0.05) is 12.6 Å². The highest BCUT2D eigenvalue weighted by atomic mass is 16.5. The van der Waals surface area contributed by atoms with Crippen LogP contribution >= 0.6 is 0 Å². The monoisotopic (exact) mass is 412 g/mol. The zero-order chi connectivity index (χ0) is 22.1. The van der Waals surface area contributed by atoms with Gasteiger partial charge in [0.2, 0.25) is 5.91 Å². The van der Waals surface area contributed by atoms with E-state index in [0.29, 0.717) is 17.9 Å². The molecule has 0 unspecified atom stereocenters. The molecule has 1 atom stereocenters. The first-order valence-electron chi connectivity index (χ1n) is 10.3. The number of amides is 2. The standard InChI is InChI=1S/C24H32N2O4/c1-6-22(24(28)25-17(2)3)26(15-19-8-7-9-21(14-19)29-5)23(27)16-30-20-12-10-18(4)11-13-20/h7-14,17,22H,6,15-16H2,1-5H3,(H,25,28)/t22-/m1/s1. The van der Waals surface area contributed by atoms with Crippen molar-refractivity contribution in [3.05, 3.63) is 59.7 Å². The SMILES string of the molecule is CC[C@H](C(=O)NC(C)C)N(Cc1cccc(OC)c1)C(=O)COc1ccc(C)cc1. The van der Waals surface area contributed by atoms with Gasteiger partial charge in [0.25, 0.3) is 5.91 Å². The van der Waals surface area contributed by atoms with Crippen molar-refractivity contribution in [1.29, 1.82) is 0 Å². The van der Waals surface area contributed by atoms with E-state index in [1.165, 1.54) is 0 Å². The second-order valence-corrected chi connectivity index (χ2v) is 7.56. The molecule has 0 saturated heterocycles. The molecular weight excluding hydrogens is 380 g/mol. The molecule has 6 nitrogen and oxygen atoms in total. The van der Waals surface area contributed by atoms with Gasteiger partial charge in [-0.2, -0.15) is 0 Å². The molecule has 0 heterocycles. The van der Waals surface area contributed by atoms with Crippen LogP contribution in [-0.4, -0.2) is 42.5 Å². The summed E-state index contributed by atoms with van der Waals surface area (Å²) in [6.07, 6.45) is 0.499. The first kappa shape index (κ1) is 23.3. The van der Waals surface area contributed by atoms with Gasteiger partial charge in [0.1, 0.15) is 17.5 Å². The molecule has 162 valence electrons. The molecule has 0 radical (unpaired) electrons. The summed E-state index contributed by atoms with van der Waals surface area (Å²) >= 11 is 0. The van der Waals surface area contributed by atoms with Crippen molar-refractivity contribution in [2.24, 2.45) is 0 Å². The van der Waals surface area contributed by atoms with Crippen molar-refractivity contribution in [2.75, 3.05) is 13.7 Å². The third kappa shape index (κ3) is 6.79. The van der Waals surface area contributed by atoms with Crippen molar-refractivity contribution in [3.63, 3.8) is 0 Å². The molecule has 0 saturated carbocycles. The Kier molecular flexibility index (Phi) is 8.71. The summed E-state index contributed by atoms with van der Waals surface area (Å²) in [6.45, 7) is 7.84. The number of carbonyl (C=O) groups is 2. The number of hydrogen-bond acceptors (Lipinski definition) is 4. The fraction of sp³-hybridized carbons (Fsp3) is 0.417. The van der Waals surface area contributed by atoms with Gasteiger partial charge in [-0.1, -0.05) is 36.8 Å². The van der Waals surface area contributed by atoms with Gasteiger partial charge in [0.15, 0.2) is 6.61 Å². The summed E-state index contributed by atoms with van der Waals surface area (Å²) in [5, 5.41) is 2.92. The van der Waals surface area contributed by atoms with E-state index >= 15 is 0 Å². The first-order valence-corrected chi connectivity index (χ1v) is 10.3. The molecule has 2 rings (SSSR count). The molecule has 0 aliphatic carbocycles. The molecule has 0 aliphatic rings. The Bertz CT molecular complexity index is 833. The highest BCUT2D eigenvalue weighted by Crippen LogP contribution is 2.18. The molecule has 6 heteroatoms. The predicted molar refractivity (Wildman–Crippen MR) is 118 cm³/mol. The number of nitrogens with one attached hydrogen (secondary N) is 1. The second kappa shape index (κ2) is 11.2. The summed E-state index contributed by atoms with van der Waals surface area (Å²) in [4.78, 5) is 27.5. The van der Waals surface area contributed by atoms with Crippen LogP contribution in [0.25, 0.3) is 0 Å². The van der Waals surface area contributed by atoms with Gasteiger partial charge in [-0.3, -0.25) is 9.59 Å². The van der Waals surface area contributed by atoms with E-state index in [4.69, 9.17) is 9.47 Å². The minimum atomic E-state index is -0.590. The Labute approximate surface area is 179 Å². The first-order chi connectivity index (χ1) is 14.3. The van der Waals surface area contributed by atoms with Crippen LogP contribution in [0.5, 0.6) is 11.5 Å². The molecule has 0 fully saturated rings. The quantitative estimate of drug-likeness (QED) is 0.646. The lowest BCUT2D eigenvalue weighted by Crippen LogP contribution is -2.51. The largest absolute Gasteiger partial charge is 0.497 e. The van der Waals surface area contributed by atoms with Crippen molar-refractivity contribution < 1.29 is 19.1 Å². The van der Waals surface area contributed by atoms with Crippen LogP contribution in [0.4, 0.5) is 0 Å². The van der Waals surface area contributed by atoms with Gasteiger partial charge in [-0.05, 0) is 57.0 Å². The van der Waals surface area contributed by atoms with Crippen LogP contribution in [0.2, 0.25) is 0 Å². The number of carbonyl (C=O) groups excluding carboxylic acids is 2. The summed E-state index contributed by atoms with van der Waals surface area (Å²) in [6, 6.07) is 14.4. The number of hydrogen-bond donors (Lipinski definition) is 1. The molecule has 0 aromatic heterocycles. The van der Waals surface area contributed by atoms with Crippen molar-refractivity contribution in [2.45, 2.75) is 52.7 Å². The maximum absolute atomic E-state index is 13.1. The van der Waals surface area contributed by atoms with Gasteiger partial charge < -0.3 is 19.7 Å². The third-order valence-electron chi connectivity index (χ3n) is 4.69. The molecule has 2 aromatic carbocycles. The van der Waals surface area contributed by atoms with E-state index < -0.39 is 6.04 Å². The highest BCUT2D eigenvalue weighted by Gasteiger charge is 2.29. The van der Waals surface area contributed by atoms with Gasteiger partial charge in [-0.25, -0.2) is 0 Å². The molecule has 30 heavy (non-hydrogen) atoms. The number of nitrogens with zero attached hydrogens (tertiary/aromatic N) is 1. The molecule has 0 aliphatic heterocycles. The Morgan fingerprint density at radius 1 is 1.07 bits per heavy atom. The lowest BCUT2D eigenvalue weighted by Gasteiger charge is -2.31. The number of rotatable bonds is 10. The highest BCUT2D eigenvalue weighted by molar-refractivity contribution is 5.88. The second-order valence-electron chi connectivity index (χ2n) is 7.56. The topological polar surface area (TPSA) is 67.9 Å². The van der Waals surface area contributed by atoms with E-state index in [1.54, 1.807) is 12.0 Å². The predicted octanol–water partition coefficient (Wildman–Crippen LogP) is 3.71. The van der Waals surface area contributed by atoms with Crippen molar-refractivity contribution in [1.82, 2.24) is 10.2 Å². The van der Waals surface area contributed by atoms with Gasteiger partial charge in [-0.15, -0.1) is 0 Å². The molecule has 0 bridgehead atoms. The number of ether oxygens (including phenoxy) is 2. The zero-order valence-electron chi connectivity index (χ0n) is 18.5. The van der Waals surface area contributed by atoms with Crippen LogP contribution in [0.15, 0.2) is 48.5 Å². The average molecular weight is 413 g/mol. The number of benzene rings is 2. The Balaban J connectivity index is 2.22. The van der Waals surface area contributed by atoms with E-state index in [2.05, 4.69) is 5.32 Å². The average Bonchev–Trinajstić information content (AvgIpc) is 2.72. The Morgan fingerprint density at radius 3 is 2.37 bits per heavy atom. The van der Waals surface area contributed by atoms with Gasteiger partial charge in [0.05, 0.1) is 7.11 Å². The van der Waals surface area contributed by atoms with Crippen LogP contribution < -0.4 is 14.8 Å². The summed E-state index contributed by atoms with van der Waals surface area (Å²) in [5.41, 5.74) is 2.00. The lowest BCUT2D eigenvalue weighted by molar-refractivity contribution is -0.143. The lowest BCUT2D eigenvalue weighted by atomic mass is 10.1. The van der Waals surface area contributed by atoms with Crippen LogP contribution in [0.1, 0.15) is 38.3 Å². The summed E-state index contributed by atoms with van der Waals surface area (Å²) < 4.78 is 11.0. The molecule has 1 N–H and O–H groups in total. The molecule has 2 aromatic rings. The number of methoxy groups -OCH3 is 1. The zero-order valence-corrected chi connectivity index (χ0v) is 18.5. The number of aryl methyl sites for hydroxylation is 1. The maximum Gasteiger partial charge on any atom is 0.261 e. The third-order valence-corrected chi connectivity index (χ3v) is 4.69.